The predicted molar refractivity (Wildman–Crippen MR) is 74.0 cm³/mol. The van der Waals surface area contributed by atoms with Gasteiger partial charge in [-0.05, 0) is 37.4 Å². The molecule has 1 fully saturated rings. The van der Waals surface area contributed by atoms with Crippen molar-refractivity contribution in [2.45, 2.75) is 37.3 Å². The first-order valence-corrected chi connectivity index (χ1v) is 6.92. The Bertz CT molecular complexity index is 415. The molecule has 98 valence electrons. The molecule has 18 heavy (non-hydrogen) atoms. The highest BCUT2D eigenvalue weighted by atomic mass is 16.5. The zero-order valence-corrected chi connectivity index (χ0v) is 11.0. The summed E-state index contributed by atoms with van der Waals surface area (Å²) in [6, 6.07) is 9.47. The van der Waals surface area contributed by atoms with Gasteiger partial charge in [-0.15, -0.1) is 0 Å². The predicted octanol–water partition coefficient (Wildman–Crippen LogP) is 2.12. The van der Waals surface area contributed by atoms with Crippen LogP contribution in [0.3, 0.4) is 0 Å². The van der Waals surface area contributed by atoms with Crippen LogP contribution in [0.4, 0.5) is 5.69 Å². The number of nitrogens with zero attached hydrogens (tertiary/aromatic N) is 1. The van der Waals surface area contributed by atoms with Crippen molar-refractivity contribution in [1.29, 1.82) is 0 Å². The molecule has 3 nitrogen and oxygen atoms in total. The van der Waals surface area contributed by atoms with Gasteiger partial charge in [-0.3, -0.25) is 0 Å². The van der Waals surface area contributed by atoms with Crippen LogP contribution in [0.25, 0.3) is 0 Å². The molecular weight excluding hydrogens is 224 g/mol. The summed E-state index contributed by atoms with van der Waals surface area (Å²) in [5, 5.41) is 0. The molecule has 1 aliphatic heterocycles. The molecule has 1 saturated carbocycles. The Labute approximate surface area is 109 Å². The molecule has 3 heteroatoms. The number of hydrogen-bond acceptors (Lipinski definition) is 3. The molecule has 2 N–H and O–H groups in total. The number of ether oxygens (including phenoxy) is 1. The van der Waals surface area contributed by atoms with Gasteiger partial charge in [-0.1, -0.05) is 18.2 Å². The molecule has 1 aliphatic carbocycles. The van der Waals surface area contributed by atoms with Crippen molar-refractivity contribution in [3.63, 3.8) is 0 Å². The molecule has 2 aliphatic rings. The van der Waals surface area contributed by atoms with Crippen molar-refractivity contribution in [1.82, 2.24) is 0 Å². The van der Waals surface area contributed by atoms with Gasteiger partial charge in [0.05, 0.1) is 6.10 Å². The third-order valence-corrected chi connectivity index (χ3v) is 4.46. The van der Waals surface area contributed by atoms with Crippen LogP contribution < -0.4 is 10.6 Å². The third kappa shape index (κ3) is 1.91. The summed E-state index contributed by atoms with van der Waals surface area (Å²) in [5.41, 5.74) is 8.65. The molecule has 0 spiro atoms. The molecule has 1 aromatic rings. The van der Waals surface area contributed by atoms with Gasteiger partial charge in [0.25, 0.3) is 0 Å². The Morgan fingerprint density at radius 1 is 1.33 bits per heavy atom. The van der Waals surface area contributed by atoms with Crippen molar-refractivity contribution in [3.8, 4) is 0 Å². The van der Waals surface area contributed by atoms with Gasteiger partial charge < -0.3 is 15.4 Å². The standard InChI is InChI=1S/C15H22N2O/c1-18-13-8-12(9-13)17-10-11(6-7-16)14-4-2-3-5-15(14)17/h2-5,11-13H,6-10,16H2,1H3. The Kier molecular flexibility index (Phi) is 3.27. The molecule has 0 bridgehead atoms. The quantitative estimate of drug-likeness (QED) is 0.884. The highest BCUT2D eigenvalue weighted by molar-refractivity contribution is 5.61. The normalized spacial score (nSPS) is 30.1. The lowest BCUT2D eigenvalue weighted by molar-refractivity contribution is 0.0256. The van der Waals surface area contributed by atoms with E-state index in [0.29, 0.717) is 18.1 Å². The summed E-state index contributed by atoms with van der Waals surface area (Å²) in [7, 11) is 1.82. The molecule has 3 rings (SSSR count). The van der Waals surface area contributed by atoms with Crippen molar-refractivity contribution in [2.24, 2.45) is 5.73 Å². The van der Waals surface area contributed by atoms with E-state index in [0.717, 1.165) is 19.5 Å². The maximum atomic E-state index is 5.74. The fourth-order valence-corrected chi connectivity index (χ4v) is 3.31. The molecule has 1 heterocycles. The molecule has 0 saturated heterocycles. The van der Waals surface area contributed by atoms with Gasteiger partial charge >= 0.3 is 0 Å². The fourth-order valence-electron chi connectivity index (χ4n) is 3.31. The zero-order chi connectivity index (χ0) is 12.5. The highest BCUT2D eigenvalue weighted by Crippen LogP contribution is 2.42. The number of anilines is 1. The van der Waals surface area contributed by atoms with E-state index >= 15 is 0 Å². The number of nitrogens with two attached hydrogens (primary N) is 1. The fraction of sp³-hybridized carbons (Fsp3) is 0.600. The van der Waals surface area contributed by atoms with Gasteiger partial charge in [0.2, 0.25) is 0 Å². The van der Waals surface area contributed by atoms with E-state index in [1.165, 1.54) is 24.1 Å². The van der Waals surface area contributed by atoms with Gasteiger partial charge in [-0.25, -0.2) is 0 Å². The Morgan fingerprint density at radius 2 is 2.11 bits per heavy atom. The second kappa shape index (κ2) is 4.90. The van der Waals surface area contributed by atoms with Crippen molar-refractivity contribution in [3.05, 3.63) is 29.8 Å². The Balaban J connectivity index is 1.78. The minimum absolute atomic E-state index is 0.468. The van der Waals surface area contributed by atoms with Crippen molar-refractivity contribution < 1.29 is 4.74 Å². The molecule has 0 radical (unpaired) electrons. The molecule has 0 aromatic heterocycles. The average Bonchev–Trinajstić information content (AvgIpc) is 2.69. The lowest BCUT2D eigenvalue weighted by atomic mass is 9.88. The maximum Gasteiger partial charge on any atom is 0.0610 e. The minimum atomic E-state index is 0.468. The lowest BCUT2D eigenvalue weighted by Gasteiger charge is -2.42. The number of fused-ring (bicyclic) bond motifs is 1. The van der Waals surface area contributed by atoms with E-state index in [-0.39, 0.29) is 0 Å². The summed E-state index contributed by atoms with van der Waals surface area (Å²) in [6.45, 7) is 1.91. The number of hydrogen-bond donors (Lipinski definition) is 1. The Hall–Kier alpha value is -1.06. The lowest BCUT2D eigenvalue weighted by Crippen LogP contribution is -2.47. The van der Waals surface area contributed by atoms with E-state index in [1.54, 1.807) is 0 Å². The van der Waals surface area contributed by atoms with Gasteiger partial charge in [0, 0.05) is 31.3 Å². The highest BCUT2D eigenvalue weighted by Gasteiger charge is 2.39. The third-order valence-electron chi connectivity index (χ3n) is 4.46. The van der Waals surface area contributed by atoms with Crippen LogP contribution >= 0.6 is 0 Å². The van der Waals surface area contributed by atoms with Crippen LogP contribution in [-0.4, -0.2) is 32.3 Å². The number of benzene rings is 1. The van der Waals surface area contributed by atoms with Gasteiger partial charge in [0.1, 0.15) is 0 Å². The largest absolute Gasteiger partial charge is 0.381 e. The first-order chi connectivity index (χ1) is 8.83. The number of para-hydroxylation sites is 1. The SMILES string of the molecule is COC1CC(N2CC(CCN)c3ccccc32)C1. The average molecular weight is 246 g/mol. The van der Waals surface area contributed by atoms with E-state index in [2.05, 4.69) is 29.2 Å². The molecular formula is C15H22N2O. The first kappa shape index (κ1) is 12.0. The van der Waals surface area contributed by atoms with Crippen molar-refractivity contribution in [2.75, 3.05) is 25.1 Å². The van der Waals surface area contributed by atoms with Crippen LogP contribution in [-0.2, 0) is 4.74 Å². The summed E-state index contributed by atoms with van der Waals surface area (Å²) in [6.07, 6.45) is 3.89. The molecule has 1 unspecified atom stereocenters. The zero-order valence-electron chi connectivity index (χ0n) is 11.0. The molecule has 1 atom stereocenters. The second-order valence-electron chi connectivity index (χ2n) is 5.47. The van der Waals surface area contributed by atoms with E-state index < -0.39 is 0 Å². The summed E-state index contributed by atoms with van der Waals surface area (Å²) >= 11 is 0. The first-order valence-electron chi connectivity index (χ1n) is 6.92. The number of methoxy groups -OCH3 is 1. The van der Waals surface area contributed by atoms with E-state index in [4.69, 9.17) is 10.5 Å². The smallest absolute Gasteiger partial charge is 0.0610 e. The van der Waals surface area contributed by atoms with Crippen LogP contribution in [0, 0.1) is 0 Å². The Morgan fingerprint density at radius 3 is 2.83 bits per heavy atom. The summed E-state index contributed by atoms with van der Waals surface area (Å²) < 4.78 is 5.39. The maximum absolute atomic E-state index is 5.74. The van der Waals surface area contributed by atoms with Gasteiger partial charge in [0.15, 0.2) is 0 Å². The van der Waals surface area contributed by atoms with E-state index in [1.807, 2.05) is 7.11 Å². The summed E-state index contributed by atoms with van der Waals surface area (Å²) in [5.74, 6) is 0.618. The summed E-state index contributed by atoms with van der Waals surface area (Å²) in [4.78, 5) is 2.57. The molecule has 0 amide bonds. The molecule has 1 aromatic carbocycles. The van der Waals surface area contributed by atoms with Crippen LogP contribution in [0.15, 0.2) is 24.3 Å². The monoisotopic (exact) mass is 246 g/mol. The van der Waals surface area contributed by atoms with Crippen molar-refractivity contribution >= 4 is 5.69 Å². The topological polar surface area (TPSA) is 38.5 Å². The second-order valence-corrected chi connectivity index (χ2v) is 5.47. The van der Waals surface area contributed by atoms with Crippen LogP contribution in [0.2, 0.25) is 0 Å². The van der Waals surface area contributed by atoms with Crippen LogP contribution in [0.5, 0.6) is 0 Å². The van der Waals surface area contributed by atoms with Crippen LogP contribution in [0.1, 0.15) is 30.7 Å². The number of rotatable bonds is 4. The minimum Gasteiger partial charge on any atom is -0.381 e. The van der Waals surface area contributed by atoms with Gasteiger partial charge in [-0.2, -0.15) is 0 Å². The van der Waals surface area contributed by atoms with E-state index in [9.17, 15) is 0 Å².